The summed E-state index contributed by atoms with van der Waals surface area (Å²) in [5.74, 6) is 0.198. The van der Waals surface area contributed by atoms with Crippen LogP contribution in [0.1, 0.15) is 53.4 Å². The van der Waals surface area contributed by atoms with Crippen molar-refractivity contribution < 1.29 is 9.59 Å². The number of anilines is 1. The first kappa shape index (κ1) is 21.4. The molecule has 0 unspecified atom stereocenters. The molecule has 1 amide bonds. The molecule has 29 heavy (non-hydrogen) atoms. The predicted molar refractivity (Wildman–Crippen MR) is 123 cm³/mol. The highest BCUT2D eigenvalue weighted by Gasteiger charge is 2.14. The Balaban J connectivity index is 1.57. The molecule has 0 aliphatic rings. The van der Waals surface area contributed by atoms with E-state index in [9.17, 15) is 9.59 Å². The van der Waals surface area contributed by atoms with Crippen LogP contribution in [0.25, 0.3) is 11.3 Å². The maximum absolute atomic E-state index is 12.4. The third kappa shape index (κ3) is 5.61. The number of thiazole rings is 1. The molecular weight excluding hydrogens is 448 g/mol. The molecule has 1 heterocycles. The molecule has 6 heteroatoms. The zero-order valence-corrected chi connectivity index (χ0v) is 19.1. The number of rotatable bonds is 7. The Hall–Kier alpha value is -2.31. The van der Waals surface area contributed by atoms with Crippen molar-refractivity contribution in [3.05, 3.63) is 69.0 Å². The summed E-state index contributed by atoms with van der Waals surface area (Å²) in [5, 5.41) is 3.38. The van der Waals surface area contributed by atoms with Gasteiger partial charge in [-0.2, -0.15) is 0 Å². The number of ketones is 1. The molecule has 0 aliphatic carbocycles. The van der Waals surface area contributed by atoms with Crippen LogP contribution in [-0.2, 0) is 4.79 Å². The third-order valence-corrected chi connectivity index (χ3v) is 6.05. The number of benzene rings is 2. The van der Waals surface area contributed by atoms with Crippen molar-refractivity contribution in [1.29, 1.82) is 0 Å². The van der Waals surface area contributed by atoms with Gasteiger partial charge in [-0.05, 0) is 30.5 Å². The summed E-state index contributed by atoms with van der Waals surface area (Å²) in [5.41, 5.74) is 3.70. The van der Waals surface area contributed by atoms with Gasteiger partial charge in [0.1, 0.15) is 0 Å². The maximum Gasteiger partial charge on any atom is 0.226 e. The lowest BCUT2D eigenvalue weighted by atomic mass is 9.99. The fraction of sp³-hybridized carbons (Fsp3) is 0.261. The topological polar surface area (TPSA) is 59.1 Å². The van der Waals surface area contributed by atoms with Gasteiger partial charge < -0.3 is 5.32 Å². The van der Waals surface area contributed by atoms with E-state index in [1.165, 1.54) is 16.9 Å². The number of carbonyl (C=O) groups is 2. The van der Waals surface area contributed by atoms with Crippen LogP contribution < -0.4 is 5.32 Å². The van der Waals surface area contributed by atoms with E-state index in [-0.39, 0.29) is 24.5 Å². The average molecular weight is 471 g/mol. The summed E-state index contributed by atoms with van der Waals surface area (Å²) in [6.07, 6.45) is 0.313. The molecule has 1 aromatic heterocycles. The normalized spacial score (nSPS) is 10.9. The summed E-state index contributed by atoms with van der Waals surface area (Å²) in [6.45, 7) is 6.21. The van der Waals surface area contributed by atoms with Crippen LogP contribution in [0.2, 0.25) is 0 Å². The highest BCUT2D eigenvalue weighted by molar-refractivity contribution is 9.10. The van der Waals surface area contributed by atoms with Crippen molar-refractivity contribution >= 4 is 44.1 Å². The van der Waals surface area contributed by atoms with Crippen molar-refractivity contribution in [2.24, 2.45) is 0 Å². The van der Waals surface area contributed by atoms with Gasteiger partial charge >= 0.3 is 0 Å². The first-order valence-corrected chi connectivity index (χ1v) is 11.1. The number of halogens is 1. The van der Waals surface area contributed by atoms with E-state index in [0.717, 1.165) is 20.6 Å². The van der Waals surface area contributed by atoms with Gasteiger partial charge in [-0.3, -0.25) is 9.59 Å². The summed E-state index contributed by atoms with van der Waals surface area (Å²) < 4.78 is 1.01. The summed E-state index contributed by atoms with van der Waals surface area (Å²) in [4.78, 5) is 30.2. The molecule has 0 atom stereocenters. The second-order valence-corrected chi connectivity index (χ2v) is 9.30. The van der Waals surface area contributed by atoms with Gasteiger partial charge in [0.25, 0.3) is 0 Å². The fourth-order valence-corrected chi connectivity index (χ4v) is 4.05. The first-order valence-electron chi connectivity index (χ1n) is 9.50. The molecule has 2 aromatic carbocycles. The number of aryl methyl sites for hydroxylation is 1. The van der Waals surface area contributed by atoms with Gasteiger partial charge in [-0.1, -0.05) is 66.2 Å². The zero-order chi connectivity index (χ0) is 21.0. The maximum atomic E-state index is 12.4. The molecule has 3 aromatic rings. The molecular formula is C23H23BrN2O2S. The number of hydrogen-bond donors (Lipinski definition) is 1. The third-order valence-electron chi connectivity index (χ3n) is 4.64. The largest absolute Gasteiger partial charge is 0.302 e. The van der Waals surface area contributed by atoms with E-state index >= 15 is 0 Å². The Morgan fingerprint density at radius 1 is 1.03 bits per heavy atom. The van der Waals surface area contributed by atoms with E-state index in [4.69, 9.17) is 0 Å². The zero-order valence-electron chi connectivity index (χ0n) is 16.7. The lowest BCUT2D eigenvalue weighted by Crippen LogP contribution is -2.13. The van der Waals surface area contributed by atoms with Crippen LogP contribution in [0.3, 0.4) is 0 Å². The van der Waals surface area contributed by atoms with Gasteiger partial charge in [-0.25, -0.2) is 4.98 Å². The van der Waals surface area contributed by atoms with Crippen LogP contribution in [0.5, 0.6) is 0 Å². The molecule has 0 radical (unpaired) electrons. The monoisotopic (exact) mass is 470 g/mol. The summed E-state index contributed by atoms with van der Waals surface area (Å²) in [6, 6.07) is 15.5. The molecule has 3 rings (SSSR count). The number of nitrogens with one attached hydrogen (secondary N) is 1. The Morgan fingerprint density at radius 3 is 2.31 bits per heavy atom. The molecule has 0 aliphatic heterocycles. The SMILES string of the molecule is Cc1sc(NC(=O)CCC(=O)c2ccc(C(C)C)cc2)nc1-c1ccc(Br)cc1. The van der Waals surface area contributed by atoms with Crippen molar-refractivity contribution in [2.75, 3.05) is 5.32 Å². The van der Waals surface area contributed by atoms with Gasteiger partial charge in [0.15, 0.2) is 10.9 Å². The second kappa shape index (κ2) is 9.46. The van der Waals surface area contributed by atoms with E-state index < -0.39 is 0 Å². The molecule has 0 saturated carbocycles. The van der Waals surface area contributed by atoms with Crippen molar-refractivity contribution in [2.45, 2.75) is 39.5 Å². The number of nitrogens with zero attached hydrogens (tertiary/aromatic N) is 1. The van der Waals surface area contributed by atoms with Crippen molar-refractivity contribution in [1.82, 2.24) is 4.98 Å². The first-order chi connectivity index (χ1) is 13.8. The number of hydrogen-bond acceptors (Lipinski definition) is 4. The van der Waals surface area contributed by atoms with Crippen LogP contribution in [-0.4, -0.2) is 16.7 Å². The van der Waals surface area contributed by atoms with Crippen molar-refractivity contribution in [3.63, 3.8) is 0 Å². The number of carbonyl (C=O) groups excluding carboxylic acids is 2. The van der Waals surface area contributed by atoms with E-state index in [1.54, 1.807) is 0 Å². The van der Waals surface area contributed by atoms with Gasteiger partial charge in [0.2, 0.25) is 5.91 Å². The molecule has 0 bridgehead atoms. The lowest BCUT2D eigenvalue weighted by molar-refractivity contribution is -0.116. The number of aromatic nitrogens is 1. The van der Waals surface area contributed by atoms with Crippen LogP contribution in [0.15, 0.2) is 53.0 Å². The summed E-state index contributed by atoms with van der Waals surface area (Å²) in [7, 11) is 0. The predicted octanol–water partition coefficient (Wildman–Crippen LogP) is 6.61. The van der Waals surface area contributed by atoms with Crippen molar-refractivity contribution in [3.8, 4) is 11.3 Å². The Kier molecular flexibility index (Phi) is 6.98. The Labute approximate surface area is 183 Å². The Bertz CT molecular complexity index is 1010. The van der Waals surface area contributed by atoms with Crippen LogP contribution in [0.4, 0.5) is 5.13 Å². The number of amides is 1. The minimum Gasteiger partial charge on any atom is -0.302 e. The second-order valence-electron chi connectivity index (χ2n) is 7.18. The van der Waals surface area contributed by atoms with Gasteiger partial charge in [0, 0.05) is 33.3 Å². The highest BCUT2D eigenvalue weighted by Crippen LogP contribution is 2.31. The minimum absolute atomic E-state index is 0.0265. The quantitative estimate of drug-likeness (QED) is 0.395. The van der Waals surface area contributed by atoms with E-state index in [1.807, 2.05) is 55.5 Å². The van der Waals surface area contributed by atoms with Gasteiger partial charge in [-0.15, -0.1) is 11.3 Å². The molecule has 0 saturated heterocycles. The van der Waals surface area contributed by atoms with Gasteiger partial charge in [0.05, 0.1) is 5.69 Å². The Morgan fingerprint density at radius 2 is 1.69 bits per heavy atom. The lowest BCUT2D eigenvalue weighted by Gasteiger charge is -2.06. The van der Waals surface area contributed by atoms with Crippen LogP contribution in [0, 0.1) is 6.92 Å². The van der Waals surface area contributed by atoms with Crippen LogP contribution >= 0.6 is 27.3 Å². The fourth-order valence-electron chi connectivity index (χ4n) is 2.93. The molecule has 4 nitrogen and oxygen atoms in total. The standard InChI is InChI=1S/C23H23BrN2O2S/c1-14(2)16-4-6-17(7-5-16)20(27)12-13-21(28)25-23-26-22(15(3)29-23)18-8-10-19(24)11-9-18/h4-11,14H,12-13H2,1-3H3,(H,25,26,28). The number of Topliss-reactive ketones (excluding diaryl/α,β-unsaturated/α-hetero) is 1. The molecule has 0 spiro atoms. The minimum atomic E-state index is -0.201. The molecule has 150 valence electrons. The highest BCUT2D eigenvalue weighted by atomic mass is 79.9. The van der Waals surface area contributed by atoms with E-state index in [2.05, 4.69) is 40.1 Å². The average Bonchev–Trinajstić information content (AvgIpc) is 3.06. The smallest absolute Gasteiger partial charge is 0.226 e. The molecule has 1 N–H and O–H groups in total. The molecule has 0 fully saturated rings. The van der Waals surface area contributed by atoms with E-state index in [0.29, 0.717) is 16.6 Å². The summed E-state index contributed by atoms with van der Waals surface area (Å²) >= 11 is 4.86.